The summed E-state index contributed by atoms with van der Waals surface area (Å²) < 4.78 is 0. The van der Waals surface area contributed by atoms with Crippen molar-refractivity contribution in [2.75, 3.05) is 0 Å². The van der Waals surface area contributed by atoms with Crippen molar-refractivity contribution in [2.24, 2.45) is 5.90 Å². The minimum absolute atomic E-state index is 0.328. The zero-order chi connectivity index (χ0) is 10.1. The smallest absolute Gasteiger partial charge is 0.0787 e. The van der Waals surface area contributed by atoms with E-state index in [9.17, 15) is 0 Å². The monoisotopic (exact) mass is 199 g/mol. The molecule has 1 rings (SSSR count). The lowest BCUT2D eigenvalue weighted by molar-refractivity contribution is 0.0376. The SMILES string of the molecule is NOC1CCCCCCCCCCC1. The predicted octanol–water partition coefficient (Wildman–Crippen LogP) is 3.55. The summed E-state index contributed by atoms with van der Waals surface area (Å²) in [5, 5.41) is 0. The van der Waals surface area contributed by atoms with E-state index in [0.29, 0.717) is 6.10 Å². The Morgan fingerprint density at radius 3 is 1.36 bits per heavy atom. The molecule has 1 aliphatic rings. The molecule has 0 bridgehead atoms. The van der Waals surface area contributed by atoms with Gasteiger partial charge in [-0.25, -0.2) is 5.90 Å². The van der Waals surface area contributed by atoms with Crippen molar-refractivity contribution in [3.05, 3.63) is 0 Å². The Morgan fingerprint density at radius 1 is 0.643 bits per heavy atom. The van der Waals surface area contributed by atoms with Crippen LogP contribution in [0, 0.1) is 0 Å². The zero-order valence-corrected chi connectivity index (χ0v) is 9.34. The minimum atomic E-state index is 0.328. The number of rotatable bonds is 1. The van der Waals surface area contributed by atoms with Crippen LogP contribution in [0.15, 0.2) is 0 Å². The lowest BCUT2D eigenvalue weighted by Crippen LogP contribution is -2.17. The zero-order valence-electron chi connectivity index (χ0n) is 9.34. The summed E-state index contributed by atoms with van der Waals surface area (Å²) in [6, 6.07) is 0. The molecule has 0 aromatic rings. The molecule has 0 atom stereocenters. The molecule has 2 nitrogen and oxygen atoms in total. The van der Waals surface area contributed by atoms with E-state index >= 15 is 0 Å². The molecular weight excluding hydrogens is 174 g/mol. The van der Waals surface area contributed by atoms with Crippen molar-refractivity contribution in [2.45, 2.75) is 76.7 Å². The largest absolute Gasteiger partial charge is 0.301 e. The summed E-state index contributed by atoms with van der Waals surface area (Å²) in [5.41, 5.74) is 0. The van der Waals surface area contributed by atoms with E-state index in [4.69, 9.17) is 10.7 Å². The average molecular weight is 199 g/mol. The first kappa shape index (κ1) is 12.0. The van der Waals surface area contributed by atoms with Crippen LogP contribution in [0.25, 0.3) is 0 Å². The fourth-order valence-electron chi connectivity index (χ4n) is 2.26. The summed E-state index contributed by atoms with van der Waals surface area (Å²) in [5.74, 6) is 5.28. The maximum Gasteiger partial charge on any atom is 0.0787 e. The molecule has 1 saturated carbocycles. The van der Waals surface area contributed by atoms with Crippen molar-refractivity contribution >= 4 is 0 Å². The van der Waals surface area contributed by atoms with E-state index < -0.39 is 0 Å². The van der Waals surface area contributed by atoms with E-state index in [1.807, 2.05) is 0 Å². The van der Waals surface area contributed by atoms with E-state index in [-0.39, 0.29) is 0 Å². The van der Waals surface area contributed by atoms with Gasteiger partial charge >= 0.3 is 0 Å². The Labute approximate surface area is 88.2 Å². The lowest BCUT2D eigenvalue weighted by Gasteiger charge is -2.15. The van der Waals surface area contributed by atoms with Crippen LogP contribution in [0.3, 0.4) is 0 Å². The van der Waals surface area contributed by atoms with Gasteiger partial charge in [-0.1, -0.05) is 57.8 Å². The van der Waals surface area contributed by atoms with Crippen molar-refractivity contribution < 1.29 is 4.84 Å². The van der Waals surface area contributed by atoms with Gasteiger partial charge in [0.2, 0.25) is 0 Å². The van der Waals surface area contributed by atoms with Crippen LogP contribution in [0.5, 0.6) is 0 Å². The summed E-state index contributed by atoms with van der Waals surface area (Å²) in [6.45, 7) is 0. The molecule has 0 aromatic heterocycles. The first-order valence-electron chi connectivity index (χ1n) is 6.29. The Kier molecular flexibility index (Phi) is 7.06. The standard InChI is InChI=1S/C12H25NO/c13-14-12-10-8-6-4-2-1-3-5-7-9-11-12/h12H,1-11,13H2. The third-order valence-electron chi connectivity index (χ3n) is 3.24. The fourth-order valence-corrected chi connectivity index (χ4v) is 2.26. The molecule has 0 radical (unpaired) electrons. The van der Waals surface area contributed by atoms with Gasteiger partial charge in [0.05, 0.1) is 6.10 Å². The van der Waals surface area contributed by atoms with Crippen LogP contribution < -0.4 is 5.90 Å². The molecule has 2 N–H and O–H groups in total. The molecule has 0 heterocycles. The topological polar surface area (TPSA) is 35.2 Å². The minimum Gasteiger partial charge on any atom is -0.301 e. The van der Waals surface area contributed by atoms with Gasteiger partial charge in [0, 0.05) is 0 Å². The third kappa shape index (κ3) is 5.61. The highest BCUT2D eigenvalue weighted by molar-refractivity contribution is 4.60. The fraction of sp³-hybridized carbons (Fsp3) is 1.00. The molecule has 1 aliphatic carbocycles. The van der Waals surface area contributed by atoms with Gasteiger partial charge in [-0.2, -0.15) is 0 Å². The number of nitrogens with two attached hydrogens (primary N) is 1. The molecule has 0 saturated heterocycles. The molecular formula is C12H25NO. The van der Waals surface area contributed by atoms with Gasteiger partial charge in [-0.15, -0.1) is 0 Å². The second-order valence-electron chi connectivity index (χ2n) is 4.52. The summed E-state index contributed by atoms with van der Waals surface area (Å²) >= 11 is 0. The van der Waals surface area contributed by atoms with Gasteiger partial charge < -0.3 is 4.84 Å². The average Bonchev–Trinajstić information content (AvgIpc) is 2.19. The summed E-state index contributed by atoms with van der Waals surface area (Å²) in [4.78, 5) is 5.00. The van der Waals surface area contributed by atoms with Gasteiger partial charge in [-0.05, 0) is 12.8 Å². The first-order chi connectivity index (χ1) is 6.93. The molecule has 1 fully saturated rings. The van der Waals surface area contributed by atoms with Crippen LogP contribution in [0.4, 0.5) is 0 Å². The van der Waals surface area contributed by atoms with Crippen LogP contribution >= 0.6 is 0 Å². The van der Waals surface area contributed by atoms with Gasteiger partial charge in [-0.3, -0.25) is 0 Å². The molecule has 0 aromatic carbocycles. The quantitative estimate of drug-likeness (QED) is 0.655. The summed E-state index contributed by atoms with van der Waals surface area (Å²) in [6.07, 6.45) is 15.1. The molecule has 14 heavy (non-hydrogen) atoms. The summed E-state index contributed by atoms with van der Waals surface area (Å²) in [7, 11) is 0. The molecule has 0 unspecified atom stereocenters. The normalized spacial score (nSPS) is 23.8. The van der Waals surface area contributed by atoms with Crippen molar-refractivity contribution in [1.29, 1.82) is 0 Å². The third-order valence-corrected chi connectivity index (χ3v) is 3.24. The second-order valence-corrected chi connectivity index (χ2v) is 4.52. The highest BCUT2D eigenvalue weighted by Gasteiger charge is 2.08. The Balaban J connectivity index is 2.17. The highest BCUT2D eigenvalue weighted by Crippen LogP contribution is 2.17. The van der Waals surface area contributed by atoms with Crippen molar-refractivity contribution in [3.63, 3.8) is 0 Å². The molecule has 2 heteroatoms. The maximum atomic E-state index is 5.28. The Bertz CT molecular complexity index is 115. The van der Waals surface area contributed by atoms with Crippen LogP contribution in [0.2, 0.25) is 0 Å². The van der Waals surface area contributed by atoms with Gasteiger partial charge in [0.15, 0.2) is 0 Å². The number of hydrogen-bond acceptors (Lipinski definition) is 2. The maximum absolute atomic E-state index is 5.28. The van der Waals surface area contributed by atoms with Gasteiger partial charge in [0.1, 0.15) is 0 Å². The Morgan fingerprint density at radius 2 is 1.00 bits per heavy atom. The van der Waals surface area contributed by atoms with Gasteiger partial charge in [0.25, 0.3) is 0 Å². The van der Waals surface area contributed by atoms with E-state index in [0.717, 1.165) is 12.8 Å². The van der Waals surface area contributed by atoms with E-state index in [2.05, 4.69) is 0 Å². The molecule has 84 valence electrons. The van der Waals surface area contributed by atoms with Crippen molar-refractivity contribution in [1.82, 2.24) is 0 Å². The number of hydrogen-bond donors (Lipinski definition) is 1. The van der Waals surface area contributed by atoms with E-state index in [1.165, 1.54) is 57.8 Å². The van der Waals surface area contributed by atoms with E-state index in [1.54, 1.807) is 0 Å². The molecule has 0 amide bonds. The molecule has 0 aliphatic heterocycles. The molecule has 0 spiro atoms. The van der Waals surface area contributed by atoms with Crippen LogP contribution in [-0.2, 0) is 4.84 Å². The van der Waals surface area contributed by atoms with Crippen LogP contribution in [0.1, 0.15) is 70.6 Å². The lowest BCUT2D eigenvalue weighted by atomic mass is 9.99. The second kappa shape index (κ2) is 8.25. The highest BCUT2D eigenvalue weighted by atomic mass is 16.6. The Hall–Kier alpha value is -0.0800. The van der Waals surface area contributed by atoms with Crippen LogP contribution in [-0.4, -0.2) is 6.10 Å². The van der Waals surface area contributed by atoms with Crippen molar-refractivity contribution in [3.8, 4) is 0 Å². The predicted molar refractivity (Wildman–Crippen MR) is 59.8 cm³/mol. The first-order valence-corrected chi connectivity index (χ1v) is 6.29.